The Bertz CT molecular complexity index is 1420. The Kier molecular flexibility index (Phi) is 12.3. The van der Waals surface area contributed by atoms with Crippen molar-refractivity contribution in [2.75, 3.05) is 7.11 Å². The second-order valence-electron chi connectivity index (χ2n) is 15.2. The van der Waals surface area contributed by atoms with Crippen LogP contribution in [0.3, 0.4) is 0 Å². The van der Waals surface area contributed by atoms with Gasteiger partial charge >= 0.3 is 30.0 Å². The van der Waals surface area contributed by atoms with Gasteiger partial charge in [0.2, 0.25) is 5.91 Å². The molecule has 270 valence electrons. The molecule has 0 aromatic heterocycles. The maximum absolute atomic E-state index is 14.5. The van der Waals surface area contributed by atoms with E-state index in [1.54, 1.807) is 92.6 Å². The van der Waals surface area contributed by atoms with Crippen molar-refractivity contribution < 1.29 is 52.5 Å². The highest BCUT2D eigenvalue weighted by molar-refractivity contribution is 5.95. The average Bonchev–Trinajstić information content (AvgIpc) is 3.35. The topological polar surface area (TPSA) is 155 Å². The van der Waals surface area contributed by atoms with Crippen molar-refractivity contribution in [2.45, 2.75) is 129 Å². The number of fused-ring (bicyclic) bond motifs is 1. The predicted octanol–water partition coefficient (Wildman–Crippen LogP) is 4.50. The van der Waals surface area contributed by atoms with E-state index in [1.165, 1.54) is 17.1 Å². The molecule has 49 heavy (non-hydrogen) atoms. The van der Waals surface area contributed by atoms with Crippen LogP contribution in [0.4, 0.5) is 4.79 Å². The highest BCUT2D eigenvalue weighted by atomic mass is 16.6. The molecule has 0 bridgehead atoms. The molecule has 0 saturated carbocycles. The third-order valence-electron chi connectivity index (χ3n) is 7.59. The number of benzene rings is 1. The van der Waals surface area contributed by atoms with Gasteiger partial charge in [0, 0.05) is 12.0 Å². The monoisotopic (exact) mass is 686 g/mol. The molecule has 2 aliphatic rings. The third kappa shape index (κ3) is 11.0. The maximum atomic E-state index is 14.5. The summed E-state index contributed by atoms with van der Waals surface area (Å²) in [5.41, 5.74) is -1.93. The predicted molar refractivity (Wildman–Crippen MR) is 176 cm³/mol. The highest BCUT2D eigenvalue weighted by Crippen LogP contribution is 2.42. The number of piperazine rings is 1. The van der Waals surface area contributed by atoms with Crippen LogP contribution in [0.1, 0.15) is 87.1 Å². The average molecular weight is 687 g/mol. The van der Waals surface area contributed by atoms with E-state index >= 15 is 0 Å². The summed E-state index contributed by atoms with van der Waals surface area (Å²) in [5, 5.41) is 0. The Morgan fingerprint density at radius 1 is 0.816 bits per heavy atom. The van der Waals surface area contributed by atoms with E-state index in [9.17, 15) is 28.8 Å². The molecule has 3 rings (SSSR count). The van der Waals surface area contributed by atoms with Crippen LogP contribution < -0.4 is 0 Å². The van der Waals surface area contributed by atoms with Crippen LogP contribution in [0.15, 0.2) is 42.5 Å². The summed E-state index contributed by atoms with van der Waals surface area (Å²) in [7, 11) is 1.14. The lowest BCUT2D eigenvalue weighted by molar-refractivity contribution is -0.172. The molecule has 2 aliphatic heterocycles. The maximum Gasteiger partial charge on any atom is 0.411 e. The first-order valence-corrected chi connectivity index (χ1v) is 16.3. The van der Waals surface area contributed by atoms with Crippen LogP contribution in [0, 0.1) is 5.92 Å². The molecule has 2 fully saturated rings. The van der Waals surface area contributed by atoms with Gasteiger partial charge in [-0.1, -0.05) is 36.4 Å². The fraction of sp³-hybridized carbons (Fsp3) is 0.611. The number of carbonyl (C=O) groups excluding carboxylic acids is 6. The molecular formula is C36H50N2O11. The zero-order valence-corrected chi connectivity index (χ0v) is 30.1. The van der Waals surface area contributed by atoms with Gasteiger partial charge in [0.15, 0.2) is 0 Å². The van der Waals surface area contributed by atoms with Crippen molar-refractivity contribution in [3.05, 3.63) is 48.0 Å². The number of nitrogens with zero attached hydrogens (tertiary/aromatic N) is 2. The van der Waals surface area contributed by atoms with E-state index in [2.05, 4.69) is 0 Å². The second kappa shape index (κ2) is 15.4. The SMILES string of the molecule is COC(=O)C[C@H]1C(=O)N2[C@H](C(=O)OC(C)(C)C)[C@@H](/C=C/C(=O)OC(C)(C)C)C[C@H]2[C@@H](CC(=O)OC(C)(C)C)N1C(=O)OCc1ccccc1. The van der Waals surface area contributed by atoms with E-state index < -0.39 is 95.6 Å². The van der Waals surface area contributed by atoms with Crippen molar-refractivity contribution >= 4 is 35.9 Å². The number of amides is 2. The Labute approximate surface area is 288 Å². The number of hydrogen-bond donors (Lipinski definition) is 0. The standard InChI is InChI=1S/C36H50N2O11/c1-34(2,3)47-27(39)17-16-23-18-24-25(19-29(41)48-35(4,5)6)37(33(44)46-21-22-14-12-11-13-15-22)26(20-28(40)45-10)31(42)38(24)30(23)32(43)49-36(7,8)9/h11-17,23-26,30H,18-21H2,1-10H3/b17-16+/t23-,24-,25+,26-,30-/m0/s1. The van der Waals surface area contributed by atoms with Gasteiger partial charge in [-0.2, -0.15) is 0 Å². The second-order valence-corrected chi connectivity index (χ2v) is 15.2. The Balaban J connectivity index is 2.16. The van der Waals surface area contributed by atoms with Gasteiger partial charge in [0.25, 0.3) is 0 Å². The van der Waals surface area contributed by atoms with Gasteiger partial charge < -0.3 is 28.6 Å². The molecule has 2 amide bonds. The molecule has 2 saturated heterocycles. The number of rotatable bonds is 9. The molecule has 13 heteroatoms. The first-order valence-electron chi connectivity index (χ1n) is 16.3. The summed E-state index contributed by atoms with van der Waals surface area (Å²) in [6.45, 7) is 15.1. The fourth-order valence-electron chi connectivity index (χ4n) is 5.93. The minimum atomic E-state index is -1.50. The van der Waals surface area contributed by atoms with Gasteiger partial charge in [-0.25, -0.2) is 14.4 Å². The molecule has 1 aromatic carbocycles. The molecule has 1 aromatic rings. The van der Waals surface area contributed by atoms with Gasteiger partial charge in [0.05, 0.1) is 32.0 Å². The quantitative estimate of drug-likeness (QED) is 0.205. The Hall–Kier alpha value is -4.42. The van der Waals surface area contributed by atoms with Crippen LogP contribution in [-0.2, 0) is 54.3 Å². The molecular weight excluding hydrogens is 636 g/mol. The molecule has 0 unspecified atom stereocenters. The summed E-state index contributed by atoms with van der Waals surface area (Å²) >= 11 is 0. The van der Waals surface area contributed by atoms with E-state index in [1.807, 2.05) is 0 Å². The van der Waals surface area contributed by atoms with Crippen molar-refractivity contribution in [1.82, 2.24) is 9.80 Å². The van der Waals surface area contributed by atoms with E-state index in [4.69, 9.17) is 23.7 Å². The zero-order valence-electron chi connectivity index (χ0n) is 30.1. The first-order chi connectivity index (χ1) is 22.6. The van der Waals surface area contributed by atoms with Gasteiger partial charge in [-0.15, -0.1) is 0 Å². The van der Waals surface area contributed by atoms with Crippen LogP contribution in [-0.4, -0.2) is 93.8 Å². The van der Waals surface area contributed by atoms with Crippen LogP contribution in [0.2, 0.25) is 0 Å². The van der Waals surface area contributed by atoms with Crippen LogP contribution in [0.25, 0.3) is 0 Å². The molecule has 13 nitrogen and oxygen atoms in total. The van der Waals surface area contributed by atoms with Crippen molar-refractivity contribution in [2.24, 2.45) is 5.92 Å². The number of hydrogen-bond acceptors (Lipinski definition) is 11. The first kappa shape index (κ1) is 39.0. The van der Waals surface area contributed by atoms with Crippen molar-refractivity contribution in [3.8, 4) is 0 Å². The molecule has 0 spiro atoms. The lowest BCUT2D eigenvalue weighted by atomic mass is 9.91. The lowest BCUT2D eigenvalue weighted by Gasteiger charge is -2.48. The van der Waals surface area contributed by atoms with E-state index in [-0.39, 0.29) is 13.0 Å². The Morgan fingerprint density at radius 2 is 1.41 bits per heavy atom. The number of esters is 4. The van der Waals surface area contributed by atoms with E-state index in [0.717, 1.165) is 12.0 Å². The largest absolute Gasteiger partial charge is 0.469 e. The molecule has 0 radical (unpaired) electrons. The van der Waals surface area contributed by atoms with Gasteiger partial charge in [-0.3, -0.25) is 19.3 Å². The normalized spacial score (nSPS) is 22.7. The van der Waals surface area contributed by atoms with Crippen LogP contribution >= 0.6 is 0 Å². The molecule has 5 atom stereocenters. The highest BCUT2D eigenvalue weighted by Gasteiger charge is 2.59. The van der Waals surface area contributed by atoms with E-state index in [0.29, 0.717) is 5.56 Å². The van der Waals surface area contributed by atoms with Gasteiger partial charge in [-0.05, 0) is 74.3 Å². The minimum Gasteiger partial charge on any atom is -0.469 e. The molecule has 2 heterocycles. The van der Waals surface area contributed by atoms with Gasteiger partial charge in [0.1, 0.15) is 35.5 Å². The number of ether oxygens (including phenoxy) is 5. The summed E-state index contributed by atoms with van der Waals surface area (Å²) in [6.07, 6.45) is 0.802. The minimum absolute atomic E-state index is 0.0514. The Morgan fingerprint density at radius 3 is 1.96 bits per heavy atom. The molecule has 0 N–H and O–H groups in total. The number of methoxy groups -OCH3 is 1. The third-order valence-corrected chi connectivity index (χ3v) is 7.59. The van der Waals surface area contributed by atoms with Crippen molar-refractivity contribution in [1.29, 1.82) is 0 Å². The summed E-state index contributed by atoms with van der Waals surface area (Å²) in [4.78, 5) is 83.5. The molecule has 0 aliphatic carbocycles. The van der Waals surface area contributed by atoms with Crippen molar-refractivity contribution in [3.63, 3.8) is 0 Å². The van der Waals surface area contributed by atoms with Crippen LogP contribution in [0.5, 0.6) is 0 Å². The lowest BCUT2D eigenvalue weighted by Crippen LogP contribution is -2.69. The number of carbonyl (C=O) groups is 6. The summed E-state index contributed by atoms with van der Waals surface area (Å²) in [5.74, 6) is -4.43. The summed E-state index contributed by atoms with van der Waals surface area (Å²) in [6, 6.07) is 4.06. The summed E-state index contributed by atoms with van der Waals surface area (Å²) < 4.78 is 27.3. The zero-order chi connectivity index (χ0) is 36.9. The smallest absolute Gasteiger partial charge is 0.411 e. The fourth-order valence-corrected chi connectivity index (χ4v) is 5.93.